The fourth-order valence-electron chi connectivity index (χ4n) is 5.98. The van der Waals surface area contributed by atoms with Crippen LogP contribution in [0.2, 0.25) is 0 Å². The van der Waals surface area contributed by atoms with Crippen molar-refractivity contribution in [3.8, 4) is 0 Å². The van der Waals surface area contributed by atoms with E-state index in [9.17, 15) is 14.4 Å². The van der Waals surface area contributed by atoms with E-state index in [1.54, 1.807) is 13.0 Å². The topological polar surface area (TPSA) is 134 Å². The van der Waals surface area contributed by atoms with Crippen LogP contribution < -0.4 is 21.3 Å². The van der Waals surface area contributed by atoms with Gasteiger partial charge >= 0.3 is 0 Å². The summed E-state index contributed by atoms with van der Waals surface area (Å²) in [6.07, 6.45) is 9.06. The highest BCUT2D eigenvalue weighted by molar-refractivity contribution is 7.08. The van der Waals surface area contributed by atoms with Crippen LogP contribution in [0, 0.1) is 12.8 Å². The monoisotopic (exact) mass is 553 g/mol. The molecule has 0 spiro atoms. The van der Waals surface area contributed by atoms with E-state index in [0.29, 0.717) is 48.0 Å². The third-order valence-corrected chi connectivity index (χ3v) is 9.18. The summed E-state index contributed by atoms with van der Waals surface area (Å²) in [4.78, 5) is 43.9. The lowest BCUT2D eigenvalue weighted by Crippen LogP contribution is -2.50. The molecule has 0 atom stereocenters. The highest BCUT2D eigenvalue weighted by Crippen LogP contribution is 2.31. The minimum Gasteiger partial charge on any atom is -0.366 e. The van der Waals surface area contributed by atoms with Gasteiger partial charge in [-0.05, 0) is 75.2 Å². The summed E-state index contributed by atoms with van der Waals surface area (Å²) in [5, 5.41) is 10.1. The molecule has 1 aromatic heterocycles. The average Bonchev–Trinajstić information content (AvgIpc) is 3.40. The number of aromatic nitrogens is 2. The van der Waals surface area contributed by atoms with Crippen molar-refractivity contribution in [1.29, 1.82) is 0 Å². The maximum atomic E-state index is 13.1. The van der Waals surface area contributed by atoms with E-state index in [1.165, 1.54) is 6.42 Å². The highest BCUT2D eigenvalue weighted by atomic mass is 32.1. The second-order valence-corrected chi connectivity index (χ2v) is 11.9. The van der Waals surface area contributed by atoms with Crippen LogP contribution in [-0.4, -0.2) is 70.5 Å². The molecule has 39 heavy (non-hydrogen) atoms. The quantitative estimate of drug-likeness (QED) is 0.500. The van der Waals surface area contributed by atoms with Crippen LogP contribution in [0.4, 0.5) is 11.4 Å². The standard InChI is InChI=1S/C28H39N7O3S/c1-18-25(39-33-32-18)27(37)31-23-17-20(26(36)30-22-10-8-21(29)9-11-22)7-12-24(23)34-13-15-35(16-14-34)28(38)19-5-3-2-4-6-19/h7,12,17,19,21-22H,2-6,8-11,13-16,29H2,1H3,(H,30,36)(H,31,37). The zero-order chi connectivity index (χ0) is 27.4. The van der Waals surface area contributed by atoms with Crippen molar-refractivity contribution in [1.82, 2.24) is 19.8 Å². The SMILES string of the molecule is Cc1nnsc1C(=O)Nc1cc(C(=O)NC2CCC(N)CC2)ccc1N1CCN(C(=O)C2CCCCC2)CC1. The molecule has 2 heterocycles. The van der Waals surface area contributed by atoms with Crippen LogP contribution in [0.25, 0.3) is 0 Å². The molecule has 3 amide bonds. The molecule has 11 heteroatoms. The molecule has 210 valence electrons. The number of nitrogens with two attached hydrogens (primary N) is 1. The minimum absolute atomic E-state index is 0.107. The van der Waals surface area contributed by atoms with Gasteiger partial charge in [0.1, 0.15) is 4.88 Å². The number of anilines is 2. The van der Waals surface area contributed by atoms with Crippen molar-refractivity contribution in [2.24, 2.45) is 11.7 Å². The van der Waals surface area contributed by atoms with Gasteiger partial charge in [-0.15, -0.1) is 5.10 Å². The first-order valence-electron chi connectivity index (χ1n) is 14.2. The number of amides is 3. The Hall–Kier alpha value is -3.05. The van der Waals surface area contributed by atoms with Crippen LogP contribution in [0.5, 0.6) is 0 Å². The number of carbonyl (C=O) groups excluding carboxylic acids is 3. The fraction of sp³-hybridized carbons (Fsp3) is 0.607. The third-order valence-electron chi connectivity index (χ3n) is 8.36. The second kappa shape index (κ2) is 12.4. The number of aryl methyl sites for hydroxylation is 1. The normalized spacial score (nSPS) is 22.4. The zero-order valence-electron chi connectivity index (χ0n) is 22.7. The summed E-state index contributed by atoms with van der Waals surface area (Å²) in [5.41, 5.74) is 8.49. The number of benzene rings is 1. The number of nitrogens with one attached hydrogen (secondary N) is 2. The lowest BCUT2D eigenvalue weighted by molar-refractivity contribution is -0.136. The molecule has 0 radical (unpaired) electrons. The molecule has 2 saturated carbocycles. The molecule has 4 N–H and O–H groups in total. The lowest BCUT2D eigenvalue weighted by atomic mass is 9.88. The molecule has 10 nitrogen and oxygen atoms in total. The average molecular weight is 554 g/mol. The third kappa shape index (κ3) is 6.58. The van der Waals surface area contributed by atoms with Gasteiger partial charge < -0.3 is 26.2 Å². The predicted octanol–water partition coefficient (Wildman–Crippen LogP) is 3.33. The second-order valence-electron chi connectivity index (χ2n) is 11.1. The molecule has 1 saturated heterocycles. The van der Waals surface area contributed by atoms with E-state index in [1.807, 2.05) is 17.0 Å². The van der Waals surface area contributed by atoms with Gasteiger partial charge in [-0.25, -0.2) is 0 Å². The van der Waals surface area contributed by atoms with Gasteiger partial charge in [0.05, 0.1) is 17.1 Å². The maximum Gasteiger partial charge on any atom is 0.269 e. The van der Waals surface area contributed by atoms with Gasteiger partial charge in [0, 0.05) is 49.7 Å². The Kier molecular flexibility index (Phi) is 8.76. The van der Waals surface area contributed by atoms with Crippen LogP contribution in [0.15, 0.2) is 18.2 Å². The molecule has 3 aliphatic rings. The Balaban J connectivity index is 1.31. The first-order chi connectivity index (χ1) is 18.9. The summed E-state index contributed by atoms with van der Waals surface area (Å²) in [5.74, 6) is -0.00872. The Morgan fingerprint density at radius 2 is 1.67 bits per heavy atom. The van der Waals surface area contributed by atoms with Gasteiger partial charge in [-0.2, -0.15) is 0 Å². The predicted molar refractivity (Wildman–Crippen MR) is 152 cm³/mol. The summed E-state index contributed by atoms with van der Waals surface area (Å²) < 4.78 is 3.89. The van der Waals surface area contributed by atoms with Crippen LogP contribution in [0.1, 0.15) is 83.5 Å². The van der Waals surface area contributed by atoms with Crippen LogP contribution in [-0.2, 0) is 4.79 Å². The van der Waals surface area contributed by atoms with Gasteiger partial charge in [0.2, 0.25) is 5.91 Å². The van der Waals surface area contributed by atoms with E-state index in [4.69, 9.17) is 5.73 Å². The molecular formula is C28H39N7O3S. The van der Waals surface area contributed by atoms with Crippen molar-refractivity contribution in [2.75, 3.05) is 36.4 Å². The van der Waals surface area contributed by atoms with Crippen molar-refractivity contribution >= 4 is 40.6 Å². The lowest BCUT2D eigenvalue weighted by Gasteiger charge is -2.39. The first-order valence-corrected chi connectivity index (χ1v) is 15.0. The number of hydrogen-bond acceptors (Lipinski definition) is 8. The molecule has 1 aromatic carbocycles. The van der Waals surface area contributed by atoms with Gasteiger partial charge in [0.25, 0.3) is 11.8 Å². The van der Waals surface area contributed by atoms with Crippen molar-refractivity contribution < 1.29 is 14.4 Å². The Bertz CT molecular complexity index is 1180. The highest BCUT2D eigenvalue weighted by Gasteiger charge is 2.30. The maximum absolute atomic E-state index is 13.1. The molecule has 5 rings (SSSR count). The number of hydrogen-bond donors (Lipinski definition) is 3. The first kappa shape index (κ1) is 27.5. The van der Waals surface area contributed by atoms with E-state index in [0.717, 1.165) is 68.6 Å². The van der Waals surface area contributed by atoms with Gasteiger partial charge in [-0.3, -0.25) is 14.4 Å². The van der Waals surface area contributed by atoms with E-state index in [2.05, 4.69) is 25.1 Å². The number of piperazine rings is 1. The molecule has 2 aliphatic carbocycles. The summed E-state index contributed by atoms with van der Waals surface area (Å²) in [7, 11) is 0. The summed E-state index contributed by atoms with van der Waals surface area (Å²) in [6, 6.07) is 5.78. The van der Waals surface area contributed by atoms with E-state index in [-0.39, 0.29) is 35.7 Å². The Morgan fingerprint density at radius 1 is 0.949 bits per heavy atom. The number of carbonyl (C=O) groups is 3. The van der Waals surface area contributed by atoms with Gasteiger partial charge in [0.15, 0.2) is 0 Å². The summed E-state index contributed by atoms with van der Waals surface area (Å²) >= 11 is 1.05. The van der Waals surface area contributed by atoms with Crippen molar-refractivity contribution in [2.45, 2.75) is 76.8 Å². The molecule has 2 aromatic rings. The molecular weight excluding hydrogens is 514 g/mol. The Morgan fingerprint density at radius 3 is 2.33 bits per heavy atom. The number of rotatable bonds is 6. The van der Waals surface area contributed by atoms with Crippen molar-refractivity contribution in [3.05, 3.63) is 34.3 Å². The number of nitrogens with zero attached hydrogens (tertiary/aromatic N) is 4. The van der Waals surface area contributed by atoms with Crippen LogP contribution in [0.3, 0.4) is 0 Å². The summed E-state index contributed by atoms with van der Waals surface area (Å²) in [6.45, 7) is 4.37. The van der Waals surface area contributed by atoms with Crippen molar-refractivity contribution in [3.63, 3.8) is 0 Å². The Labute approximate surface area is 233 Å². The fourth-order valence-corrected chi connectivity index (χ4v) is 6.53. The largest absolute Gasteiger partial charge is 0.366 e. The smallest absolute Gasteiger partial charge is 0.269 e. The molecule has 3 fully saturated rings. The van der Waals surface area contributed by atoms with Crippen LogP contribution >= 0.6 is 11.5 Å². The molecule has 1 aliphatic heterocycles. The minimum atomic E-state index is -0.298. The zero-order valence-corrected chi connectivity index (χ0v) is 23.5. The molecule has 0 unspecified atom stereocenters. The molecule has 0 bridgehead atoms. The van der Waals surface area contributed by atoms with E-state index >= 15 is 0 Å². The van der Waals surface area contributed by atoms with E-state index < -0.39 is 0 Å². The van der Waals surface area contributed by atoms with Gasteiger partial charge in [-0.1, -0.05) is 23.8 Å².